The summed E-state index contributed by atoms with van der Waals surface area (Å²) in [5, 5.41) is 10.9. The first-order valence-electron chi connectivity index (χ1n) is 8.13. The molecule has 2 aromatic rings. The molecule has 0 spiro atoms. The molecule has 0 saturated carbocycles. The molecule has 5 fully saturated rings. The van der Waals surface area contributed by atoms with E-state index in [0.717, 1.165) is 17.4 Å². The van der Waals surface area contributed by atoms with Crippen molar-refractivity contribution >= 4 is 10.9 Å². The number of fused-ring (bicyclic) bond motifs is 3. The highest BCUT2D eigenvalue weighted by atomic mass is 16.5. The van der Waals surface area contributed by atoms with Crippen LogP contribution >= 0.6 is 0 Å². The van der Waals surface area contributed by atoms with Gasteiger partial charge >= 0.3 is 0 Å². The molecule has 5 atom stereocenters. The Balaban J connectivity index is 1.65. The number of aromatic nitrogens is 1. The molecular weight excluding hydrogens is 276 g/mol. The second kappa shape index (κ2) is 4.21. The number of hydrogen-bond donors (Lipinski definition) is 1. The number of aromatic hydroxyl groups is 1. The van der Waals surface area contributed by atoms with E-state index in [1.807, 2.05) is 18.3 Å². The molecule has 1 aromatic carbocycles. The lowest BCUT2D eigenvalue weighted by molar-refractivity contribution is -0.265. The molecule has 1 aromatic heterocycles. The van der Waals surface area contributed by atoms with Crippen LogP contribution in [0.15, 0.2) is 30.5 Å². The largest absolute Gasteiger partial charge is 0.508 e. The van der Waals surface area contributed by atoms with Gasteiger partial charge in [-0.2, -0.15) is 0 Å². The van der Waals surface area contributed by atoms with Gasteiger partial charge in [0.2, 0.25) is 0 Å². The number of nitrogens with zero attached hydrogens (tertiary/aromatic N) is 2. The molecule has 5 aliphatic rings. The van der Waals surface area contributed by atoms with E-state index in [1.54, 1.807) is 6.07 Å². The van der Waals surface area contributed by atoms with Gasteiger partial charge in [-0.1, -0.05) is 0 Å². The first kappa shape index (κ1) is 12.9. The standard InChI is InChI=1S/C18H20N2O2/c1-18-10-20-7-5-11(18)8-16(20)17(22-18)13-4-6-19-15-3-2-12(21)9-14(13)15/h2-4,6,9,11,16-17,21H,5,7-8,10H2,1H3/t11-,16+,17-,18-/m1/s1. The predicted octanol–water partition coefficient (Wildman–Crippen LogP) is 2.86. The van der Waals surface area contributed by atoms with Crippen LogP contribution in [0.25, 0.3) is 10.9 Å². The molecule has 1 N–H and O–H groups in total. The molecule has 4 nitrogen and oxygen atoms in total. The van der Waals surface area contributed by atoms with Crippen molar-refractivity contribution in [2.75, 3.05) is 13.1 Å². The Bertz CT molecular complexity index is 762. The summed E-state index contributed by atoms with van der Waals surface area (Å²) in [6, 6.07) is 7.92. The van der Waals surface area contributed by atoms with Gasteiger partial charge in [0, 0.05) is 24.2 Å². The minimum Gasteiger partial charge on any atom is -0.508 e. The van der Waals surface area contributed by atoms with E-state index in [4.69, 9.17) is 4.74 Å². The topological polar surface area (TPSA) is 45.6 Å². The minimum absolute atomic E-state index is 0.0237. The first-order valence-corrected chi connectivity index (χ1v) is 8.13. The van der Waals surface area contributed by atoms with Crippen molar-refractivity contribution in [3.8, 4) is 5.75 Å². The molecule has 114 valence electrons. The van der Waals surface area contributed by atoms with Crippen molar-refractivity contribution in [3.05, 3.63) is 36.0 Å². The molecule has 0 aliphatic carbocycles. The summed E-state index contributed by atoms with van der Waals surface area (Å²) in [5.41, 5.74) is 2.07. The summed E-state index contributed by atoms with van der Waals surface area (Å²) < 4.78 is 6.59. The average molecular weight is 296 g/mol. The van der Waals surface area contributed by atoms with E-state index < -0.39 is 0 Å². The zero-order valence-electron chi connectivity index (χ0n) is 12.7. The predicted molar refractivity (Wildman–Crippen MR) is 83.7 cm³/mol. The van der Waals surface area contributed by atoms with E-state index in [-0.39, 0.29) is 17.5 Å². The van der Waals surface area contributed by atoms with Crippen molar-refractivity contribution in [1.82, 2.24) is 9.88 Å². The molecule has 4 heteroatoms. The SMILES string of the molecule is C[C@@]12CN3CC[C@@H]1C[C@H]3[C@@H](c1ccnc3ccc(O)cc13)O2. The van der Waals surface area contributed by atoms with Gasteiger partial charge in [0.05, 0.1) is 17.2 Å². The molecular formula is C18H20N2O2. The van der Waals surface area contributed by atoms with Crippen LogP contribution < -0.4 is 0 Å². The maximum absolute atomic E-state index is 9.86. The lowest BCUT2D eigenvalue weighted by atomic mass is 9.68. The molecule has 5 aliphatic heterocycles. The van der Waals surface area contributed by atoms with E-state index >= 15 is 0 Å². The molecule has 4 bridgehead atoms. The summed E-state index contributed by atoms with van der Waals surface area (Å²) in [5.74, 6) is 0.982. The molecule has 0 radical (unpaired) electrons. The van der Waals surface area contributed by atoms with E-state index in [9.17, 15) is 5.11 Å². The molecule has 1 unspecified atom stereocenters. The smallest absolute Gasteiger partial charge is 0.116 e. The average Bonchev–Trinajstić information content (AvgIpc) is 2.53. The minimum atomic E-state index is -0.0237. The number of morpholine rings is 1. The number of phenols is 1. The first-order chi connectivity index (χ1) is 10.6. The summed E-state index contributed by atoms with van der Waals surface area (Å²) in [7, 11) is 0. The van der Waals surface area contributed by atoms with Gasteiger partial charge < -0.3 is 9.84 Å². The van der Waals surface area contributed by atoms with E-state index in [1.165, 1.54) is 24.9 Å². The Morgan fingerprint density at radius 1 is 1.36 bits per heavy atom. The molecule has 0 amide bonds. The van der Waals surface area contributed by atoms with Crippen LogP contribution in [0.4, 0.5) is 0 Å². The third kappa shape index (κ3) is 1.62. The third-order valence-electron chi connectivity index (χ3n) is 5.95. The molecule has 22 heavy (non-hydrogen) atoms. The zero-order chi connectivity index (χ0) is 14.9. The molecule has 6 heterocycles. The van der Waals surface area contributed by atoms with Crippen LogP contribution in [0.1, 0.15) is 31.4 Å². The maximum atomic E-state index is 9.86. The molecule has 7 rings (SSSR count). The van der Waals surface area contributed by atoms with Crippen LogP contribution in [0.3, 0.4) is 0 Å². The monoisotopic (exact) mass is 296 g/mol. The lowest BCUT2D eigenvalue weighted by Gasteiger charge is -2.63. The molecule has 5 saturated heterocycles. The number of benzene rings is 1. The van der Waals surface area contributed by atoms with Gasteiger partial charge in [-0.25, -0.2) is 0 Å². The number of ether oxygens (including phenoxy) is 1. The lowest BCUT2D eigenvalue weighted by Crippen LogP contribution is -2.69. The highest BCUT2D eigenvalue weighted by Gasteiger charge is 2.57. The van der Waals surface area contributed by atoms with Crippen LogP contribution in [0.2, 0.25) is 0 Å². The Labute approximate surface area is 129 Å². The van der Waals surface area contributed by atoms with E-state index in [2.05, 4.69) is 22.9 Å². The fraction of sp³-hybridized carbons (Fsp3) is 0.500. The summed E-state index contributed by atoms with van der Waals surface area (Å²) in [6.07, 6.45) is 4.43. The van der Waals surface area contributed by atoms with Gasteiger partial charge in [0.25, 0.3) is 0 Å². The van der Waals surface area contributed by atoms with Gasteiger partial charge in [-0.3, -0.25) is 9.88 Å². The summed E-state index contributed by atoms with van der Waals surface area (Å²) in [4.78, 5) is 7.03. The summed E-state index contributed by atoms with van der Waals surface area (Å²) >= 11 is 0. The third-order valence-corrected chi connectivity index (χ3v) is 5.95. The highest BCUT2D eigenvalue weighted by molar-refractivity contribution is 5.83. The van der Waals surface area contributed by atoms with Crippen LogP contribution in [0.5, 0.6) is 5.75 Å². The van der Waals surface area contributed by atoms with Crippen molar-refractivity contribution in [3.63, 3.8) is 0 Å². The number of hydrogen-bond acceptors (Lipinski definition) is 4. The van der Waals surface area contributed by atoms with Gasteiger partial charge in [-0.15, -0.1) is 0 Å². The van der Waals surface area contributed by atoms with E-state index in [0.29, 0.717) is 12.0 Å². The number of rotatable bonds is 1. The number of phenolic OH excluding ortho intramolecular Hbond substituents is 1. The Hall–Kier alpha value is -1.65. The Morgan fingerprint density at radius 2 is 2.27 bits per heavy atom. The van der Waals surface area contributed by atoms with Crippen LogP contribution in [-0.2, 0) is 4.74 Å². The Kier molecular flexibility index (Phi) is 2.46. The second-order valence-electron chi connectivity index (χ2n) is 7.21. The maximum Gasteiger partial charge on any atom is 0.116 e. The van der Waals surface area contributed by atoms with Crippen LogP contribution in [0, 0.1) is 5.92 Å². The fourth-order valence-corrected chi connectivity index (χ4v) is 4.82. The number of pyridine rings is 1. The zero-order valence-corrected chi connectivity index (χ0v) is 12.7. The fourth-order valence-electron chi connectivity index (χ4n) is 4.82. The number of piperidine rings is 3. The second-order valence-corrected chi connectivity index (χ2v) is 7.21. The van der Waals surface area contributed by atoms with Crippen molar-refractivity contribution in [2.45, 2.75) is 37.5 Å². The Morgan fingerprint density at radius 3 is 3.05 bits per heavy atom. The van der Waals surface area contributed by atoms with Gasteiger partial charge in [0.1, 0.15) is 5.75 Å². The van der Waals surface area contributed by atoms with Gasteiger partial charge in [0.15, 0.2) is 0 Å². The van der Waals surface area contributed by atoms with Crippen molar-refractivity contribution in [1.29, 1.82) is 0 Å². The van der Waals surface area contributed by atoms with Crippen LogP contribution in [-0.4, -0.2) is 39.7 Å². The van der Waals surface area contributed by atoms with Gasteiger partial charge in [-0.05, 0) is 62.1 Å². The normalized spacial score (nSPS) is 39.5. The quantitative estimate of drug-likeness (QED) is 0.879. The van der Waals surface area contributed by atoms with Crippen molar-refractivity contribution < 1.29 is 9.84 Å². The highest BCUT2D eigenvalue weighted by Crippen LogP contribution is 2.53. The van der Waals surface area contributed by atoms with Crippen molar-refractivity contribution in [2.24, 2.45) is 5.92 Å². The summed E-state index contributed by atoms with van der Waals surface area (Å²) in [6.45, 7) is 4.53.